The molecule has 0 unspecified atom stereocenters. The number of hydrogen-bond acceptors (Lipinski definition) is 2. The van der Waals surface area contributed by atoms with Gasteiger partial charge in [0.25, 0.3) is 5.91 Å². The van der Waals surface area contributed by atoms with Crippen molar-refractivity contribution in [3.8, 4) is 5.75 Å². The molecule has 0 saturated heterocycles. The highest BCUT2D eigenvalue weighted by atomic mass is 35.5. The normalized spacial score (nSPS) is 13.3. The van der Waals surface area contributed by atoms with E-state index in [2.05, 4.69) is 37.4 Å². The van der Waals surface area contributed by atoms with Crippen LogP contribution in [0.2, 0.25) is 5.02 Å². The van der Waals surface area contributed by atoms with E-state index in [9.17, 15) is 4.79 Å². The summed E-state index contributed by atoms with van der Waals surface area (Å²) in [4.78, 5) is 12.3. The number of amides is 1. The van der Waals surface area contributed by atoms with Crippen molar-refractivity contribution in [1.29, 1.82) is 0 Å². The van der Waals surface area contributed by atoms with Crippen LogP contribution in [0.15, 0.2) is 42.5 Å². The molecule has 4 heteroatoms. The maximum Gasteiger partial charge on any atom is 0.261 e. The van der Waals surface area contributed by atoms with E-state index in [-0.39, 0.29) is 11.9 Å². The lowest BCUT2D eigenvalue weighted by molar-refractivity contribution is -0.127. The number of ether oxygens (including phenoxy) is 1. The zero-order valence-corrected chi connectivity index (χ0v) is 14.6. The number of carbonyl (C=O) groups is 1. The van der Waals surface area contributed by atoms with Gasteiger partial charge in [-0.25, -0.2) is 0 Å². The van der Waals surface area contributed by atoms with Crippen molar-refractivity contribution in [2.75, 3.05) is 0 Å². The fourth-order valence-corrected chi connectivity index (χ4v) is 2.62. The molecule has 3 nitrogen and oxygen atoms in total. The molecule has 2 rings (SSSR count). The van der Waals surface area contributed by atoms with Crippen LogP contribution < -0.4 is 10.1 Å². The lowest BCUT2D eigenvalue weighted by Gasteiger charge is -2.20. The Morgan fingerprint density at radius 1 is 1.09 bits per heavy atom. The molecule has 0 aliphatic rings. The maximum atomic E-state index is 12.3. The van der Waals surface area contributed by atoms with Crippen molar-refractivity contribution in [2.45, 2.75) is 39.8 Å². The number of hydrogen-bond donors (Lipinski definition) is 1. The molecule has 23 heavy (non-hydrogen) atoms. The molecule has 0 heterocycles. The van der Waals surface area contributed by atoms with Crippen LogP contribution >= 0.6 is 11.6 Å². The predicted octanol–water partition coefficient (Wildman–Crippen LogP) is 4.60. The van der Waals surface area contributed by atoms with Gasteiger partial charge in [-0.15, -0.1) is 0 Å². The number of carbonyl (C=O) groups excluding carboxylic acids is 1. The van der Waals surface area contributed by atoms with Crippen molar-refractivity contribution < 1.29 is 9.53 Å². The first-order chi connectivity index (χ1) is 10.9. The van der Waals surface area contributed by atoms with E-state index >= 15 is 0 Å². The summed E-state index contributed by atoms with van der Waals surface area (Å²) in [5.74, 6) is 0.476. The molecule has 0 aliphatic heterocycles. The molecular weight excluding hydrogens is 310 g/mol. The smallest absolute Gasteiger partial charge is 0.261 e. The third-order valence-electron chi connectivity index (χ3n) is 3.75. The van der Waals surface area contributed by atoms with Crippen LogP contribution in [-0.2, 0) is 4.79 Å². The zero-order valence-electron chi connectivity index (χ0n) is 13.9. The first kappa shape index (κ1) is 17.4. The average Bonchev–Trinajstić information content (AvgIpc) is 2.49. The van der Waals surface area contributed by atoms with Crippen LogP contribution in [0, 0.1) is 13.8 Å². The molecule has 2 aromatic rings. The van der Waals surface area contributed by atoms with Crippen molar-refractivity contribution in [3.63, 3.8) is 0 Å². The van der Waals surface area contributed by atoms with Gasteiger partial charge < -0.3 is 10.1 Å². The number of halogens is 1. The molecular formula is C19H22ClNO2. The summed E-state index contributed by atoms with van der Waals surface area (Å²) >= 11 is 5.84. The van der Waals surface area contributed by atoms with Gasteiger partial charge in [-0.1, -0.05) is 35.4 Å². The molecule has 0 bridgehead atoms. The minimum Gasteiger partial charge on any atom is -0.481 e. The molecule has 122 valence electrons. The quantitative estimate of drug-likeness (QED) is 0.869. The van der Waals surface area contributed by atoms with Crippen LogP contribution in [0.3, 0.4) is 0 Å². The second-order valence-electron chi connectivity index (χ2n) is 5.80. The van der Waals surface area contributed by atoms with E-state index in [4.69, 9.17) is 16.3 Å². The molecule has 2 aromatic carbocycles. The van der Waals surface area contributed by atoms with Crippen LogP contribution in [0.25, 0.3) is 0 Å². The van der Waals surface area contributed by atoms with E-state index in [0.29, 0.717) is 10.8 Å². The molecule has 0 spiro atoms. The standard InChI is InChI=1S/C19H22ClNO2/c1-12-5-10-18(13(2)11-12)14(3)21-19(22)15(4)23-17-8-6-16(20)7-9-17/h5-11,14-15H,1-4H3,(H,21,22)/t14-,15-/m0/s1. The second kappa shape index (κ2) is 7.51. The van der Waals surface area contributed by atoms with Crippen molar-refractivity contribution in [2.24, 2.45) is 0 Å². The summed E-state index contributed by atoms with van der Waals surface area (Å²) in [6.07, 6.45) is -0.579. The lowest BCUT2D eigenvalue weighted by Crippen LogP contribution is -2.37. The van der Waals surface area contributed by atoms with Gasteiger partial charge >= 0.3 is 0 Å². The van der Waals surface area contributed by atoms with E-state index < -0.39 is 6.10 Å². The zero-order chi connectivity index (χ0) is 17.0. The summed E-state index contributed by atoms with van der Waals surface area (Å²) in [6.45, 7) is 7.82. The Balaban J connectivity index is 1.98. The molecule has 0 fully saturated rings. The fraction of sp³-hybridized carbons (Fsp3) is 0.316. The van der Waals surface area contributed by atoms with E-state index in [0.717, 1.165) is 5.56 Å². The SMILES string of the molecule is Cc1ccc([C@H](C)NC(=O)[C@H](C)Oc2ccc(Cl)cc2)c(C)c1. The number of aryl methyl sites for hydroxylation is 2. The first-order valence-corrected chi connectivity index (χ1v) is 8.04. The van der Waals surface area contributed by atoms with Crippen molar-refractivity contribution >= 4 is 17.5 Å². The monoisotopic (exact) mass is 331 g/mol. The van der Waals surface area contributed by atoms with Gasteiger partial charge in [-0.2, -0.15) is 0 Å². The van der Waals surface area contributed by atoms with Crippen LogP contribution in [0.1, 0.15) is 36.6 Å². The van der Waals surface area contributed by atoms with E-state index in [1.54, 1.807) is 31.2 Å². The maximum absolute atomic E-state index is 12.3. The highest BCUT2D eigenvalue weighted by Crippen LogP contribution is 2.20. The summed E-state index contributed by atoms with van der Waals surface area (Å²) in [7, 11) is 0. The van der Waals surface area contributed by atoms with Gasteiger partial charge in [0.05, 0.1) is 6.04 Å². The minimum absolute atomic E-state index is 0.0700. The second-order valence-corrected chi connectivity index (χ2v) is 6.24. The predicted molar refractivity (Wildman–Crippen MR) is 94.0 cm³/mol. The van der Waals surface area contributed by atoms with Crippen LogP contribution in [0.4, 0.5) is 0 Å². The largest absolute Gasteiger partial charge is 0.481 e. The average molecular weight is 332 g/mol. The first-order valence-electron chi connectivity index (χ1n) is 7.66. The summed E-state index contributed by atoms with van der Waals surface area (Å²) in [5, 5.41) is 3.63. The Hall–Kier alpha value is -2.00. The highest BCUT2D eigenvalue weighted by Gasteiger charge is 2.18. The summed E-state index contributed by atoms with van der Waals surface area (Å²) in [6, 6.07) is 13.1. The summed E-state index contributed by atoms with van der Waals surface area (Å²) in [5.41, 5.74) is 3.50. The van der Waals surface area contributed by atoms with Crippen LogP contribution in [0.5, 0.6) is 5.75 Å². The molecule has 0 radical (unpaired) electrons. The Morgan fingerprint density at radius 3 is 2.35 bits per heavy atom. The third-order valence-corrected chi connectivity index (χ3v) is 4.00. The fourth-order valence-electron chi connectivity index (χ4n) is 2.49. The van der Waals surface area contributed by atoms with Gasteiger partial charge in [0, 0.05) is 5.02 Å². The molecule has 1 N–H and O–H groups in total. The van der Waals surface area contributed by atoms with Gasteiger partial charge in [0.1, 0.15) is 5.75 Å². The Kier molecular flexibility index (Phi) is 5.67. The third kappa shape index (κ3) is 4.73. The van der Waals surface area contributed by atoms with Crippen molar-refractivity contribution in [3.05, 3.63) is 64.2 Å². The Bertz CT molecular complexity index is 682. The summed E-state index contributed by atoms with van der Waals surface area (Å²) < 4.78 is 5.65. The Morgan fingerprint density at radius 2 is 1.74 bits per heavy atom. The van der Waals surface area contributed by atoms with E-state index in [1.807, 2.05) is 6.92 Å². The topological polar surface area (TPSA) is 38.3 Å². The molecule has 0 aromatic heterocycles. The van der Waals surface area contributed by atoms with Gasteiger partial charge in [0.15, 0.2) is 6.10 Å². The van der Waals surface area contributed by atoms with Gasteiger partial charge in [0.2, 0.25) is 0 Å². The Labute approximate surface area is 142 Å². The number of nitrogens with one attached hydrogen (secondary N) is 1. The van der Waals surface area contributed by atoms with Crippen molar-refractivity contribution in [1.82, 2.24) is 5.32 Å². The number of benzene rings is 2. The molecule has 0 aliphatic carbocycles. The highest BCUT2D eigenvalue weighted by molar-refractivity contribution is 6.30. The molecule has 2 atom stereocenters. The molecule has 1 amide bonds. The minimum atomic E-state index is -0.579. The lowest BCUT2D eigenvalue weighted by atomic mass is 10.0. The van der Waals surface area contributed by atoms with Crippen LogP contribution in [-0.4, -0.2) is 12.0 Å². The van der Waals surface area contributed by atoms with Gasteiger partial charge in [-0.05, 0) is 63.1 Å². The number of rotatable bonds is 5. The van der Waals surface area contributed by atoms with E-state index in [1.165, 1.54) is 11.1 Å². The van der Waals surface area contributed by atoms with Gasteiger partial charge in [-0.3, -0.25) is 4.79 Å². The molecule has 0 saturated carbocycles.